The van der Waals surface area contributed by atoms with Crippen molar-refractivity contribution in [1.82, 2.24) is 0 Å². The maximum atomic E-state index is 10.2. The molecule has 0 rings (SSSR count). The average molecular weight is 184 g/mol. The predicted octanol–water partition coefficient (Wildman–Crippen LogP) is 3.09. The maximum Gasteiger partial charge on any atom is 0.307 e. The highest BCUT2D eigenvalue weighted by atomic mass is 16.4. The van der Waals surface area contributed by atoms with Crippen LogP contribution >= 0.6 is 0 Å². The lowest BCUT2D eigenvalue weighted by Gasteiger charge is -2.13. The normalized spacial score (nSPS) is 13.8. The first-order valence-corrected chi connectivity index (χ1v) is 4.90. The summed E-state index contributed by atoms with van der Waals surface area (Å²) in [5.41, 5.74) is 0. The van der Waals surface area contributed by atoms with Crippen molar-refractivity contribution >= 4 is 5.97 Å². The Balaban J connectivity index is 3.44. The van der Waals surface area contributed by atoms with E-state index in [0.29, 0.717) is 5.92 Å². The summed E-state index contributed by atoms with van der Waals surface area (Å²) < 4.78 is 0. The van der Waals surface area contributed by atoms with Gasteiger partial charge in [-0.05, 0) is 24.7 Å². The Labute approximate surface area is 80.7 Å². The molecule has 0 aliphatic heterocycles. The van der Waals surface area contributed by atoms with Gasteiger partial charge in [-0.3, -0.25) is 4.79 Å². The Morgan fingerprint density at radius 1 is 1.31 bits per heavy atom. The fourth-order valence-corrected chi connectivity index (χ4v) is 0.994. The van der Waals surface area contributed by atoms with Crippen LogP contribution in [-0.2, 0) is 4.79 Å². The van der Waals surface area contributed by atoms with Gasteiger partial charge < -0.3 is 5.11 Å². The van der Waals surface area contributed by atoms with E-state index in [4.69, 9.17) is 5.11 Å². The Kier molecular flexibility index (Phi) is 6.29. The van der Waals surface area contributed by atoms with Gasteiger partial charge in [-0.2, -0.15) is 0 Å². The van der Waals surface area contributed by atoms with E-state index in [9.17, 15) is 4.79 Å². The molecule has 0 spiro atoms. The quantitative estimate of drug-likeness (QED) is 0.644. The molecule has 1 N–H and O–H groups in total. The van der Waals surface area contributed by atoms with Gasteiger partial charge in [0.05, 0.1) is 6.42 Å². The summed E-state index contributed by atoms with van der Waals surface area (Å²) in [5.74, 6) is 0.676. The molecule has 2 nitrogen and oxygen atoms in total. The third kappa shape index (κ3) is 7.57. The molecular weight excluding hydrogens is 164 g/mol. The Hall–Kier alpha value is -0.790. The fraction of sp³-hybridized carbons (Fsp3) is 0.727. The van der Waals surface area contributed by atoms with Crippen molar-refractivity contribution in [2.45, 2.75) is 40.0 Å². The summed E-state index contributed by atoms with van der Waals surface area (Å²) in [7, 11) is 0. The van der Waals surface area contributed by atoms with Gasteiger partial charge in [0.25, 0.3) is 0 Å². The number of carboxylic acids is 1. The van der Waals surface area contributed by atoms with Crippen molar-refractivity contribution in [2.24, 2.45) is 11.8 Å². The Morgan fingerprint density at radius 2 is 1.92 bits per heavy atom. The van der Waals surface area contributed by atoms with Crippen LogP contribution in [0.25, 0.3) is 0 Å². The standard InChI is InChI=1S/C11H20O2/c1-9(2)10(3)7-5-4-6-8-11(12)13/h4,6,9-10H,5,7-8H2,1-3H3,(H,12,13). The number of allylic oxidation sites excluding steroid dienone is 1. The predicted molar refractivity (Wildman–Crippen MR) is 54.6 cm³/mol. The largest absolute Gasteiger partial charge is 0.481 e. The molecule has 0 fully saturated rings. The highest BCUT2D eigenvalue weighted by molar-refractivity contribution is 5.68. The lowest BCUT2D eigenvalue weighted by atomic mass is 9.93. The maximum absolute atomic E-state index is 10.2. The third-order valence-corrected chi connectivity index (χ3v) is 2.39. The van der Waals surface area contributed by atoms with E-state index in [0.717, 1.165) is 18.8 Å². The zero-order valence-corrected chi connectivity index (χ0v) is 8.79. The van der Waals surface area contributed by atoms with Crippen molar-refractivity contribution in [3.63, 3.8) is 0 Å². The molecular formula is C11H20O2. The zero-order chi connectivity index (χ0) is 10.3. The fourth-order valence-electron chi connectivity index (χ4n) is 0.994. The molecule has 0 aliphatic carbocycles. The van der Waals surface area contributed by atoms with Crippen LogP contribution in [0.5, 0.6) is 0 Å². The summed E-state index contributed by atoms with van der Waals surface area (Å²) in [6.07, 6.45) is 5.98. The molecule has 1 atom stereocenters. The number of carbonyl (C=O) groups is 1. The van der Waals surface area contributed by atoms with Crippen LogP contribution in [0, 0.1) is 11.8 Å². The van der Waals surface area contributed by atoms with Gasteiger partial charge >= 0.3 is 5.97 Å². The van der Waals surface area contributed by atoms with Crippen molar-refractivity contribution in [3.05, 3.63) is 12.2 Å². The molecule has 0 radical (unpaired) electrons. The van der Waals surface area contributed by atoms with Crippen LogP contribution in [0.4, 0.5) is 0 Å². The van der Waals surface area contributed by atoms with Crippen molar-refractivity contribution < 1.29 is 9.90 Å². The van der Waals surface area contributed by atoms with Crippen LogP contribution in [0.2, 0.25) is 0 Å². The minimum atomic E-state index is -0.756. The van der Waals surface area contributed by atoms with Gasteiger partial charge in [-0.15, -0.1) is 0 Å². The molecule has 76 valence electrons. The highest BCUT2D eigenvalue weighted by Gasteiger charge is 2.04. The summed E-state index contributed by atoms with van der Waals surface area (Å²) >= 11 is 0. The van der Waals surface area contributed by atoms with Gasteiger partial charge in [0.1, 0.15) is 0 Å². The molecule has 0 aliphatic rings. The molecule has 1 unspecified atom stereocenters. The first-order chi connectivity index (χ1) is 6.04. The number of rotatable bonds is 6. The summed E-state index contributed by atoms with van der Waals surface area (Å²) in [4.78, 5) is 10.2. The molecule has 0 aromatic carbocycles. The number of carboxylic acid groups (broad SMARTS) is 1. The third-order valence-electron chi connectivity index (χ3n) is 2.39. The Morgan fingerprint density at radius 3 is 2.38 bits per heavy atom. The molecule has 0 saturated carbocycles. The number of hydrogen-bond acceptors (Lipinski definition) is 1. The summed E-state index contributed by atoms with van der Waals surface area (Å²) in [6, 6.07) is 0. The van der Waals surface area contributed by atoms with E-state index in [-0.39, 0.29) is 6.42 Å². The SMILES string of the molecule is CC(C)C(C)CCC=CCC(=O)O. The van der Waals surface area contributed by atoms with Crippen LogP contribution in [0.1, 0.15) is 40.0 Å². The van der Waals surface area contributed by atoms with Gasteiger partial charge in [-0.1, -0.05) is 32.9 Å². The molecule has 0 amide bonds. The van der Waals surface area contributed by atoms with E-state index in [2.05, 4.69) is 20.8 Å². The first kappa shape index (κ1) is 12.2. The van der Waals surface area contributed by atoms with Crippen LogP contribution in [0.15, 0.2) is 12.2 Å². The van der Waals surface area contributed by atoms with Gasteiger partial charge in [0.15, 0.2) is 0 Å². The summed E-state index contributed by atoms with van der Waals surface area (Å²) in [5, 5.41) is 8.36. The molecule has 0 saturated heterocycles. The number of hydrogen-bond donors (Lipinski definition) is 1. The van der Waals surface area contributed by atoms with Gasteiger partial charge in [0, 0.05) is 0 Å². The second kappa shape index (κ2) is 6.70. The smallest absolute Gasteiger partial charge is 0.307 e. The molecule has 0 heterocycles. The Bertz CT molecular complexity index is 171. The zero-order valence-electron chi connectivity index (χ0n) is 8.79. The van der Waals surface area contributed by atoms with Gasteiger partial charge in [-0.25, -0.2) is 0 Å². The molecule has 0 bridgehead atoms. The molecule has 13 heavy (non-hydrogen) atoms. The molecule has 0 aromatic rings. The minimum Gasteiger partial charge on any atom is -0.481 e. The molecule has 2 heteroatoms. The highest BCUT2D eigenvalue weighted by Crippen LogP contribution is 2.15. The van der Waals surface area contributed by atoms with E-state index in [1.165, 1.54) is 0 Å². The van der Waals surface area contributed by atoms with E-state index in [1.54, 1.807) is 6.08 Å². The monoisotopic (exact) mass is 184 g/mol. The van der Waals surface area contributed by atoms with E-state index < -0.39 is 5.97 Å². The van der Waals surface area contributed by atoms with Crippen LogP contribution in [0.3, 0.4) is 0 Å². The number of aliphatic carboxylic acids is 1. The second-order valence-electron chi connectivity index (χ2n) is 3.87. The topological polar surface area (TPSA) is 37.3 Å². The average Bonchev–Trinajstić information content (AvgIpc) is 2.02. The van der Waals surface area contributed by atoms with E-state index >= 15 is 0 Å². The minimum absolute atomic E-state index is 0.149. The van der Waals surface area contributed by atoms with Crippen LogP contribution < -0.4 is 0 Å². The van der Waals surface area contributed by atoms with Crippen LogP contribution in [-0.4, -0.2) is 11.1 Å². The van der Waals surface area contributed by atoms with Crippen molar-refractivity contribution in [1.29, 1.82) is 0 Å². The van der Waals surface area contributed by atoms with Gasteiger partial charge in [0.2, 0.25) is 0 Å². The lowest BCUT2D eigenvalue weighted by molar-refractivity contribution is -0.136. The first-order valence-electron chi connectivity index (χ1n) is 4.90. The lowest BCUT2D eigenvalue weighted by Crippen LogP contribution is -2.02. The van der Waals surface area contributed by atoms with E-state index in [1.807, 2.05) is 6.08 Å². The summed E-state index contributed by atoms with van der Waals surface area (Å²) in [6.45, 7) is 6.66. The second-order valence-corrected chi connectivity index (χ2v) is 3.87. The van der Waals surface area contributed by atoms with Crippen molar-refractivity contribution in [3.8, 4) is 0 Å². The van der Waals surface area contributed by atoms with Crippen molar-refractivity contribution in [2.75, 3.05) is 0 Å². The molecule has 0 aromatic heterocycles.